The molecule has 0 spiro atoms. The number of alkyl halides is 3. The smallest absolute Gasteiger partial charge is 0.348 e. The molecule has 1 aromatic heterocycles. The predicted octanol–water partition coefficient (Wildman–Crippen LogP) is 2.10. The van der Waals surface area contributed by atoms with E-state index in [1.165, 1.54) is 6.07 Å². The SMILES string of the molecule is CCCc1nc(NN)cc(N(CC)CC(F)(F)F)n1. The van der Waals surface area contributed by atoms with E-state index in [-0.39, 0.29) is 12.4 Å². The summed E-state index contributed by atoms with van der Waals surface area (Å²) >= 11 is 0. The Balaban J connectivity index is 3.04. The normalized spacial score (nSPS) is 11.5. The van der Waals surface area contributed by atoms with Gasteiger partial charge < -0.3 is 10.3 Å². The Morgan fingerprint density at radius 3 is 2.47 bits per heavy atom. The van der Waals surface area contributed by atoms with Gasteiger partial charge in [0.25, 0.3) is 0 Å². The van der Waals surface area contributed by atoms with E-state index in [1.807, 2.05) is 6.92 Å². The monoisotopic (exact) mass is 277 g/mol. The van der Waals surface area contributed by atoms with Gasteiger partial charge in [-0.05, 0) is 13.3 Å². The Kier molecular flexibility index (Phi) is 5.34. The third-order valence-electron chi connectivity index (χ3n) is 2.46. The lowest BCUT2D eigenvalue weighted by Gasteiger charge is -2.24. The molecule has 0 aliphatic carbocycles. The molecule has 0 atom stereocenters. The summed E-state index contributed by atoms with van der Waals surface area (Å²) in [6.45, 7) is 2.74. The van der Waals surface area contributed by atoms with Crippen LogP contribution in [0.3, 0.4) is 0 Å². The minimum Gasteiger partial charge on any atom is -0.348 e. The molecule has 0 fully saturated rings. The molecule has 0 aromatic carbocycles. The number of nitrogen functional groups attached to an aromatic ring is 1. The lowest BCUT2D eigenvalue weighted by molar-refractivity contribution is -0.119. The van der Waals surface area contributed by atoms with Crippen molar-refractivity contribution in [3.05, 3.63) is 11.9 Å². The average molecular weight is 277 g/mol. The maximum atomic E-state index is 12.5. The number of hydrogen-bond donors (Lipinski definition) is 2. The third-order valence-corrected chi connectivity index (χ3v) is 2.46. The van der Waals surface area contributed by atoms with E-state index in [4.69, 9.17) is 5.84 Å². The number of rotatable bonds is 6. The lowest BCUT2D eigenvalue weighted by Crippen LogP contribution is -2.35. The van der Waals surface area contributed by atoms with E-state index >= 15 is 0 Å². The van der Waals surface area contributed by atoms with Crippen molar-refractivity contribution in [2.75, 3.05) is 23.4 Å². The van der Waals surface area contributed by atoms with Crippen LogP contribution in [0.2, 0.25) is 0 Å². The number of nitrogens with zero attached hydrogens (tertiary/aromatic N) is 3. The van der Waals surface area contributed by atoms with Gasteiger partial charge in [0.2, 0.25) is 0 Å². The topological polar surface area (TPSA) is 67.1 Å². The van der Waals surface area contributed by atoms with Crippen molar-refractivity contribution in [3.8, 4) is 0 Å². The molecule has 8 heteroatoms. The van der Waals surface area contributed by atoms with E-state index in [1.54, 1.807) is 6.92 Å². The minimum atomic E-state index is -4.28. The van der Waals surface area contributed by atoms with Crippen LogP contribution in [0.4, 0.5) is 24.8 Å². The van der Waals surface area contributed by atoms with Crippen molar-refractivity contribution in [3.63, 3.8) is 0 Å². The van der Waals surface area contributed by atoms with Gasteiger partial charge in [-0.15, -0.1) is 0 Å². The van der Waals surface area contributed by atoms with Gasteiger partial charge in [-0.25, -0.2) is 15.8 Å². The van der Waals surface area contributed by atoms with Crippen LogP contribution >= 0.6 is 0 Å². The summed E-state index contributed by atoms with van der Waals surface area (Å²) in [4.78, 5) is 9.39. The van der Waals surface area contributed by atoms with Crippen LogP contribution in [0.1, 0.15) is 26.1 Å². The second kappa shape index (κ2) is 6.55. The highest BCUT2D eigenvalue weighted by Gasteiger charge is 2.31. The molecule has 0 aliphatic heterocycles. The first kappa shape index (κ1) is 15.5. The summed E-state index contributed by atoms with van der Waals surface area (Å²) in [5.74, 6) is 6.29. The highest BCUT2D eigenvalue weighted by Crippen LogP contribution is 2.22. The first-order valence-corrected chi connectivity index (χ1v) is 6.05. The minimum absolute atomic E-state index is 0.200. The number of anilines is 2. The van der Waals surface area contributed by atoms with Gasteiger partial charge in [-0.2, -0.15) is 13.2 Å². The number of aromatic nitrogens is 2. The largest absolute Gasteiger partial charge is 0.405 e. The fourth-order valence-corrected chi connectivity index (χ4v) is 1.63. The molecule has 108 valence electrons. The Hall–Kier alpha value is -1.57. The van der Waals surface area contributed by atoms with Crippen LogP contribution in [-0.2, 0) is 6.42 Å². The van der Waals surface area contributed by atoms with E-state index in [0.29, 0.717) is 18.1 Å². The van der Waals surface area contributed by atoms with Gasteiger partial charge in [0.05, 0.1) is 0 Å². The molecule has 0 radical (unpaired) electrons. The van der Waals surface area contributed by atoms with E-state index in [9.17, 15) is 13.2 Å². The van der Waals surface area contributed by atoms with E-state index in [2.05, 4.69) is 15.4 Å². The van der Waals surface area contributed by atoms with E-state index < -0.39 is 12.7 Å². The van der Waals surface area contributed by atoms with Crippen LogP contribution in [0.5, 0.6) is 0 Å². The van der Waals surface area contributed by atoms with Gasteiger partial charge in [0.15, 0.2) is 0 Å². The van der Waals surface area contributed by atoms with Gasteiger partial charge in [0.1, 0.15) is 24.0 Å². The number of hydrazine groups is 1. The summed E-state index contributed by atoms with van der Waals surface area (Å²) < 4.78 is 37.5. The number of nitrogens with two attached hydrogens (primary N) is 1. The maximum absolute atomic E-state index is 12.5. The standard InChI is InChI=1S/C11H18F3N5/c1-3-5-8-16-9(18-15)6-10(17-8)19(4-2)7-11(12,13)14/h6H,3-5,7,15H2,1-2H3,(H,16,17,18). The molecule has 0 bridgehead atoms. The van der Waals surface area contributed by atoms with Crippen LogP contribution in [0, 0.1) is 0 Å². The third kappa shape index (κ3) is 4.90. The molecule has 1 heterocycles. The van der Waals surface area contributed by atoms with E-state index in [0.717, 1.165) is 11.3 Å². The van der Waals surface area contributed by atoms with Gasteiger partial charge >= 0.3 is 6.18 Å². The van der Waals surface area contributed by atoms with Gasteiger partial charge in [-0.1, -0.05) is 6.92 Å². The molecule has 5 nitrogen and oxygen atoms in total. The molecule has 0 saturated heterocycles. The molecule has 1 aromatic rings. The molecule has 19 heavy (non-hydrogen) atoms. The molecular weight excluding hydrogens is 259 g/mol. The fraction of sp³-hybridized carbons (Fsp3) is 0.636. The van der Waals surface area contributed by atoms with Crippen LogP contribution in [0.25, 0.3) is 0 Å². The summed E-state index contributed by atoms with van der Waals surface area (Å²) in [6.07, 6.45) is -2.88. The Morgan fingerprint density at radius 2 is 2.00 bits per heavy atom. The molecule has 0 saturated carbocycles. The molecule has 3 N–H and O–H groups in total. The summed E-state index contributed by atoms with van der Waals surface area (Å²) in [5.41, 5.74) is 2.35. The zero-order chi connectivity index (χ0) is 14.5. The van der Waals surface area contributed by atoms with Crippen LogP contribution < -0.4 is 16.2 Å². The molecule has 0 unspecified atom stereocenters. The highest BCUT2D eigenvalue weighted by atomic mass is 19.4. The number of hydrogen-bond acceptors (Lipinski definition) is 5. The zero-order valence-corrected chi connectivity index (χ0v) is 11.0. The van der Waals surface area contributed by atoms with Crippen LogP contribution in [-0.4, -0.2) is 29.2 Å². The summed E-state index contributed by atoms with van der Waals surface area (Å²) in [7, 11) is 0. The lowest BCUT2D eigenvalue weighted by atomic mass is 10.3. The number of nitrogens with one attached hydrogen (secondary N) is 1. The zero-order valence-electron chi connectivity index (χ0n) is 11.0. The molecule has 0 amide bonds. The van der Waals surface area contributed by atoms with Gasteiger partial charge in [-0.3, -0.25) is 0 Å². The van der Waals surface area contributed by atoms with Crippen molar-refractivity contribution in [1.82, 2.24) is 9.97 Å². The van der Waals surface area contributed by atoms with Crippen LogP contribution in [0.15, 0.2) is 6.07 Å². The predicted molar refractivity (Wildman–Crippen MR) is 67.8 cm³/mol. The Bertz CT molecular complexity index is 408. The summed E-state index contributed by atoms with van der Waals surface area (Å²) in [5, 5.41) is 0. The van der Waals surface area contributed by atoms with Crippen molar-refractivity contribution < 1.29 is 13.2 Å². The van der Waals surface area contributed by atoms with Crippen molar-refractivity contribution in [1.29, 1.82) is 0 Å². The quantitative estimate of drug-likeness (QED) is 0.615. The highest BCUT2D eigenvalue weighted by molar-refractivity contribution is 5.49. The van der Waals surface area contributed by atoms with Crippen molar-refractivity contribution >= 4 is 11.6 Å². The number of aryl methyl sites for hydroxylation is 1. The fourth-order valence-electron chi connectivity index (χ4n) is 1.63. The van der Waals surface area contributed by atoms with Gasteiger partial charge in [0, 0.05) is 19.0 Å². The maximum Gasteiger partial charge on any atom is 0.405 e. The summed E-state index contributed by atoms with van der Waals surface area (Å²) in [6, 6.07) is 1.41. The molecule has 0 aliphatic rings. The average Bonchev–Trinajstić information content (AvgIpc) is 2.34. The Morgan fingerprint density at radius 1 is 1.32 bits per heavy atom. The van der Waals surface area contributed by atoms with Crippen molar-refractivity contribution in [2.45, 2.75) is 32.9 Å². The first-order chi connectivity index (χ1) is 8.89. The number of halogens is 3. The Labute approximate surface area is 110 Å². The molecule has 1 rings (SSSR count). The molecular formula is C11H18F3N5. The van der Waals surface area contributed by atoms with Crippen molar-refractivity contribution in [2.24, 2.45) is 5.84 Å². The first-order valence-electron chi connectivity index (χ1n) is 6.05. The second-order valence-corrected chi connectivity index (χ2v) is 4.05. The second-order valence-electron chi connectivity index (χ2n) is 4.05.